The zero-order chi connectivity index (χ0) is 33.2. The number of rotatable bonds is 11. The zero-order valence-electron chi connectivity index (χ0n) is 24.7. The van der Waals surface area contributed by atoms with Gasteiger partial charge in [-0.1, -0.05) is 90.5 Å². The Bertz CT molecular complexity index is 1950. The van der Waals surface area contributed by atoms with Gasteiger partial charge < -0.3 is 21.1 Å². The first-order chi connectivity index (χ1) is 22.8. The van der Waals surface area contributed by atoms with Gasteiger partial charge in [0.2, 0.25) is 5.91 Å². The lowest BCUT2D eigenvalue weighted by atomic mass is 10.1. The summed E-state index contributed by atoms with van der Waals surface area (Å²) in [5.41, 5.74) is 2.47. The standard InChI is InChI=1S/C37H28ClN3O5S/c38-31-20-8-7-15-26(31)22-32(41-34(42)25-13-5-2-6-14-25)35(43)39-29-18-10-19-30(23-29)47-33(24-11-3-1-4-12-24)36(44)40-28-17-9-16-27(21-28)37(45)46/h1-23,33H,(H,39,43)(H,40,44)(H,41,42)(H,45,46)/b32-22+. The van der Waals surface area contributed by atoms with Crippen LogP contribution in [0.25, 0.3) is 6.08 Å². The SMILES string of the molecule is O=C(Nc1cccc(SC(C(=O)Nc2cccc(C(=O)O)c2)c2ccccc2)c1)/C(=C\c1ccccc1Cl)NC(=O)c1ccccc1. The van der Waals surface area contributed by atoms with E-state index in [0.29, 0.717) is 32.4 Å². The molecule has 10 heteroatoms. The molecular formula is C37H28ClN3O5S. The number of halogens is 1. The molecule has 0 aromatic heterocycles. The van der Waals surface area contributed by atoms with Gasteiger partial charge in [-0.05, 0) is 71.8 Å². The molecule has 0 spiro atoms. The molecule has 0 radical (unpaired) electrons. The Hall–Kier alpha value is -5.64. The summed E-state index contributed by atoms with van der Waals surface area (Å²) in [6.07, 6.45) is 1.51. The second kappa shape index (κ2) is 15.6. The summed E-state index contributed by atoms with van der Waals surface area (Å²) in [6, 6.07) is 37.7. The summed E-state index contributed by atoms with van der Waals surface area (Å²) in [5.74, 6) is -2.49. The van der Waals surface area contributed by atoms with E-state index in [-0.39, 0.29) is 17.2 Å². The van der Waals surface area contributed by atoms with E-state index in [1.165, 1.54) is 30.0 Å². The van der Waals surface area contributed by atoms with E-state index in [2.05, 4.69) is 16.0 Å². The number of aromatic carboxylic acids is 1. The van der Waals surface area contributed by atoms with Gasteiger partial charge in [0.05, 0.1) is 5.56 Å². The highest BCUT2D eigenvalue weighted by Crippen LogP contribution is 2.37. The van der Waals surface area contributed by atoms with Crippen molar-refractivity contribution in [1.29, 1.82) is 0 Å². The molecule has 0 heterocycles. The van der Waals surface area contributed by atoms with Crippen LogP contribution in [0.5, 0.6) is 0 Å². The van der Waals surface area contributed by atoms with Crippen LogP contribution in [0.15, 0.2) is 144 Å². The minimum Gasteiger partial charge on any atom is -0.478 e. The molecule has 5 rings (SSSR count). The summed E-state index contributed by atoms with van der Waals surface area (Å²) in [5, 5.41) is 17.4. The average molecular weight is 662 g/mol. The largest absolute Gasteiger partial charge is 0.478 e. The van der Waals surface area contributed by atoms with E-state index in [9.17, 15) is 24.3 Å². The predicted molar refractivity (Wildman–Crippen MR) is 185 cm³/mol. The van der Waals surface area contributed by atoms with E-state index in [1.807, 2.05) is 36.4 Å². The first kappa shape index (κ1) is 32.7. The topological polar surface area (TPSA) is 125 Å². The van der Waals surface area contributed by atoms with Crippen LogP contribution < -0.4 is 16.0 Å². The van der Waals surface area contributed by atoms with E-state index < -0.39 is 23.0 Å². The van der Waals surface area contributed by atoms with Crippen molar-refractivity contribution in [2.24, 2.45) is 0 Å². The van der Waals surface area contributed by atoms with Crippen LogP contribution >= 0.6 is 23.4 Å². The van der Waals surface area contributed by atoms with Gasteiger partial charge in [0.15, 0.2) is 0 Å². The third kappa shape index (κ3) is 8.97. The predicted octanol–water partition coefficient (Wildman–Crippen LogP) is 7.92. The number of nitrogens with one attached hydrogen (secondary N) is 3. The fourth-order valence-corrected chi connectivity index (χ4v) is 5.78. The molecule has 0 bridgehead atoms. The van der Waals surface area contributed by atoms with Crippen LogP contribution in [0.3, 0.4) is 0 Å². The number of benzene rings is 5. The fourth-order valence-electron chi connectivity index (χ4n) is 4.51. The van der Waals surface area contributed by atoms with Gasteiger partial charge in [0, 0.05) is 26.9 Å². The van der Waals surface area contributed by atoms with Crippen molar-refractivity contribution in [2.75, 3.05) is 10.6 Å². The maximum atomic E-state index is 13.6. The van der Waals surface area contributed by atoms with Crippen molar-refractivity contribution in [3.05, 3.63) is 166 Å². The first-order valence-corrected chi connectivity index (χ1v) is 15.6. The molecule has 0 aliphatic rings. The number of thioether (sulfide) groups is 1. The van der Waals surface area contributed by atoms with Gasteiger partial charge in [-0.3, -0.25) is 14.4 Å². The van der Waals surface area contributed by atoms with Crippen molar-refractivity contribution in [3.8, 4) is 0 Å². The van der Waals surface area contributed by atoms with Gasteiger partial charge in [-0.25, -0.2) is 4.79 Å². The molecule has 234 valence electrons. The van der Waals surface area contributed by atoms with Crippen LogP contribution in [-0.4, -0.2) is 28.8 Å². The molecule has 1 atom stereocenters. The summed E-state index contributed by atoms with van der Waals surface area (Å²) < 4.78 is 0. The minimum absolute atomic E-state index is 0.0184. The Kier molecular flexibility index (Phi) is 10.9. The van der Waals surface area contributed by atoms with Crippen molar-refractivity contribution < 1.29 is 24.3 Å². The lowest BCUT2D eigenvalue weighted by molar-refractivity contribution is -0.116. The normalized spacial score (nSPS) is 11.6. The van der Waals surface area contributed by atoms with Gasteiger partial charge in [-0.15, -0.1) is 11.8 Å². The van der Waals surface area contributed by atoms with Gasteiger partial charge in [0.25, 0.3) is 11.8 Å². The maximum Gasteiger partial charge on any atom is 0.335 e. The van der Waals surface area contributed by atoms with Crippen LogP contribution in [0.4, 0.5) is 11.4 Å². The number of hydrogen-bond donors (Lipinski definition) is 4. The molecule has 47 heavy (non-hydrogen) atoms. The van der Waals surface area contributed by atoms with Gasteiger partial charge >= 0.3 is 5.97 Å². The van der Waals surface area contributed by atoms with Gasteiger partial charge in [0.1, 0.15) is 10.9 Å². The van der Waals surface area contributed by atoms with Crippen molar-refractivity contribution in [3.63, 3.8) is 0 Å². The molecule has 0 saturated heterocycles. The highest BCUT2D eigenvalue weighted by atomic mass is 35.5. The molecule has 8 nitrogen and oxygen atoms in total. The van der Waals surface area contributed by atoms with Crippen molar-refractivity contribution >= 4 is 64.5 Å². The highest BCUT2D eigenvalue weighted by Gasteiger charge is 2.23. The molecule has 0 aliphatic heterocycles. The smallest absolute Gasteiger partial charge is 0.335 e. The Balaban J connectivity index is 1.38. The molecule has 0 aliphatic carbocycles. The number of carboxylic acids is 1. The Morgan fingerprint density at radius 1 is 0.681 bits per heavy atom. The minimum atomic E-state index is -1.10. The maximum absolute atomic E-state index is 13.6. The number of carbonyl (C=O) groups excluding carboxylic acids is 3. The first-order valence-electron chi connectivity index (χ1n) is 14.4. The summed E-state index contributed by atoms with van der Waals surface area (Å²) >= 11 is 7.61. The van der Waals surface area contributed by atoms with E-state index >= 15 is 0 Å². The number of hydrogen-bond acceptors (Lipinski definition) is 5. The average Bonchev–Trinajstić information content (AvgIpc) is 3.08. The lowest BCUT2D eigenvalue weighted by Gasteiger charge is -2.18. The number of amides is 3. The van der Waals surface area contributed by atoms with E-state index in [0.717, 1.165) is 5.56 Å². The van der Waals surface area contributed by atoms with Crippen LogP contribution in [0, 0.1) is 0 Å². The molecule has 0 saturated carbocycles. The second-order valence-electron chi connectivity index (χ2n) is 10.2. The molecule has 0 fully saturated rings. The molecule has 5 aromatic carbocycles. The quantitative estimate of drug-likeness (QED) is 0.0842. The summed E-state index contributed by atoms with van der Waals surface area (Å²) in [4.78, 5) is 52.3. The summed E-state index contributed by atoms with van der Waals surface area (Å²) in [7, 11) is 0. The number of carboxylic acid groups (broad SMARTS) is 1. The molecule has 4 N–H and O–H groups in total. The van der Waals surface area contributed by atoms with Crippen molar-refractivity contribution in [1.82, 2.24) is 5.32 Å². The third-order valence-corrected chi connectivity index (χ3v) is 8.39. The molecule has 3 amide bonds. The fraction of sp³-hybridized carbons (Fsp3) is 0.0270. The lowest BCUT2D eigenvalue weighted by Crippen LogP contribution is -2.30. The van der Waals surface area contributed by atoms with Crippen LogP contribution in [0.2, 0.25) is 5.02 Å². The van der Waals surface area contributed by atoms with Crippen LogP contribution in [0.1, 0.15) is 37.1 Å². The van der Waals surface area contributed by atoms with Crippen LogP contribution in [-0.2, 0) is 9.59 Å². The zero-order valence-corrected chi connectivity index (χ0v) is 26.3. The Labute approximate surface area is 280 Å². The monoisotopic (exact) mass is 661 g/mol. The Morgan fingerprint density at radius 3 is 2.00 bits per heavy atom. The second-order valence-corrected chi connectivity index (χ2v) is 11.8. The summed E-state index contributed by atoms with van der Waals surface area (Å²) in [6.45, 7) is 0. The Morgan fingerprint density at radius 2 is 1.30 bits per heavy atom. The van der Waals surface area contributed by atoms with Gasteiger partial charge in [-0.2, -0.15) is 0 Å². The highest BCUT2D eigenvalue weighted by molar-refractivity contribution is 8.00. The van der Waals surface area contributed by atoms with Crippen molar-refractivity contribution in [2.45, 2.75) is 10.1 Å². The molecular weight excluding hydrogens is 634 g/mol. The third-order valence-electron chi connectivity index (χ3n) is 6.80. The number of carbonyl (C=O) groups is 4. The van der Waals surface area contributed by atoms with E-state index in [1.54, 1.807) is 84.9 Å². The molecule has 5 aromatic rings. The molecule has 1 unspecified atom stereocenters. The number of anilines is 2. The van der Waals surface area contributed by atoms with E-state index in [4.69, 9.17) is 11.6 Å².